The summed E-state index contributed by atoms with van der Waals surface area (Å²) in [6.07, 6.45) is 1.28. The average molecular weight is 351 g/mol. The van der Waals surface area contributed by atoms with E-state index in [1.54, 1.807) is 12.3 Å². The largest absolute Gasteiger partial charge is 0.416 e. The zero-order valence-electron chi connectivity index (χ0n) is 13.7. The second-order valence-electron chi connectivity index (χ2n) is 6.45. The molecule has 0 unspecified atom stereocenters. The van der Waals surface area contributed by atoms with Crippen LogP contribution in [0.3, 0.4) is 0 Å². The van der Waals surface area contributed by atoms with Crippen LogP contribution >= 0.6 is 0 Å². The van der Waals surface area contributed by atoms with Crippen molar-refractivity contribution < 1.29 is 18.3 Å². The van der Waals surface area contributed by atoms with Gasteiger partial charge in [0.05, 0.1) is 17.9 Å². The summed E-state index contributed by atoms with van der Waals surface area (Å²) in [5.41, 5.74) is 0.330. The molecule has 4 nitrogen and oxygen atoms in total. The molecule has 3 rings (SSSR count). The van der Waals surface area contributed by atoms with E-state index in [0.29, 0.717) is 17.9 Å². The summed E-state index contributed by atoms with van der Waals surface area (Å²) in [6, 6.07) is 6.58. The normalized spacial score (nSPS) is 17.0. The molecule has 134 valence electrons. The summed E-state index contributed by atoms with van der Waals surface area (Å²) in [4.78, 5) is 8.57. The standard InChI is InChI=1S/C18H20F3N3O/c19-18(20,21)14-5-3-13(4-6-14)16-22-10-7-15(24-16)11-23-17(12-25)8-1-2-9-17/h3-7,10,23,25H,1-2,8-9,11-12H2. The Hall–Kier alpha value is -1.99. The van der Waals surface area contributed by atoms with E-state index in [9.17, 15) is 18.3 Å². The van der Waals surface area contributed by atoms with Crippen molar-refractivity contribution in [1.82, 2.24) is 15.3 Å². The molecule has 0 saturated heterocycles. The predicted octanol–water partition coefficient (Wildman–Crippen LogP) is 3.56. The lowest BCUT2D eigenvalue weighted by Gasteiger charge is -2.28. The van der Waals surface area contributed by atoms with Gasteiger partial charge in [0.15, 0.2) is 5.82 Å². The van der Waals surface area contributed by atoms with Crippen molar-refractivity contribution in [2.24, 2.45) is 0 Å². The number of aliphatic hydroxyl groups excluding tert-OH is 1. The zero-order valence-corrected chi connectivity index (χ0v) is 13.7. The van der Waals surface area contributed by atoms with Crippen molar-refractivity contribution in [2.75, 3.05) is 6.61 Å². The zero-order chi connectivity index (χ0) is 17.9. The quantitative estimate of drug-likeness (QED) is 0.865. The van der Waals surface area contributed by atoms with Crippen molar-refractivity contribution in [2.45, 2.75) is 43.9 Å². The molecule has 2 aromatic rings. The molecular weight excluding hydrogens is 331 g/mol. The highest BCUT2D eigenvalue weighted by atomic mass is 19.4. The maximum absolute atomic E-state index is 12.6. The Kier molecular flexibility index (Phi) is 5.06. The molecule has 2 N–H and O–H groups in total. The molecule has 1 saturated carbocycles. The summed E-state index contributed by atoms with van der Waals surface area (Å²) in [7, 11) is 0. The summed E-state index contributed by atoms with van der Waals surface area (Å²) >= 11 is 0. The van der Waals surface area contributed by atoms with Crippen LogP contribution in [-0.2, 0) is 12.7 Å². The van der Waals surface area contributed by atoms with E-state index in [4.69, 9.17) is 0 Å². The van der Waals surface area contributed by atoms with Gasteiger partial charge in [-0.25, -0.2) is 9.97 Å². The third-order valence-corrected chi connectivity index (χ3v) is 4.69. The predicted molar refractivity (Wildman–Crippen MR) is 87.6 cm³/mol. The van der Waals surface area contributed by atoms with Gasteiger partial charge < -0.3 is 10.4 Å². The van der Waals surface area contributed by atoms with Crippen LogP contribution in [0.25, 0.3) is 11.4 Å². The highest BCUT2D eigenvalue weighted by molar-refractivity contribution is 5.55. The number of aromatic nitrogens is 2. The fourth-order valence-corrected chi connectivity index (χ4v) is 3.16. The minimum Gasteiger partial charge on any atom is -0.394 e. The number of hydrogen-bond donors (Lipinski definition) is 2. The van der Waals surface area contributed by atoms with Gasteiger partial charge in [-0.05, 0) is 31.0 Å². The summed E-state index contributed by atoms with van der Waals surface area (Å²) < 4.78 is 37.9. The fourth-order valence-electron chi connectivity index (χ4n) is 3.16. The first-order valence-corrected chi connectivity index (χ1v) is 8.27. The van der Waals surface area contributed by atoms with Crippen LogP contribution in [0.1, 0.15) is 36.9 Å². The maximum atomic E-state index is 12.6. The van der Waals surface area contributed by atoms with E-state index in [1.807, 2.05) is 0 Å². The number of alkyl halides is 3. The van der Waals surface area contributed by atoms with Gasteiger partial charge in [0, 0.05) is 23.8 Å². The second kappa shape index (κ2) is 7.09. The Morgan fingerprint density at radius 2 is 1.76 bits per heavy atom. The smallest absolute Gasteiger partial charge is 0.394 e. The van der Waals surface area contributed by atoms with Crippen LogP contribution in [0.2, 0.25) is 0 Å². The number of nitrogens with zero attached hydrogens (tertiary/aromatic N) is 2. The molecule has 1 aromatic heterocycles. The Balaban J connectivity index is 1.73. The van der Waals surface area contributed by atoms with Gasteiger partial charge in [0.25, 0.3) is 0 Å². The third kappa shape index (κ3) is 4.16. The molecule has 1 fully saturated rings. The van der Waals surface area contributed by atoms with Crippen molar-refractivity contribution in [3.63, 3.8) is 0 Å². The van der Waals surface area contributed by atoms with Crippen LogP contribution in [0, 0.1) is 0 Å². The van der Waals surface area contributed by atoms with Gasteiger partial charge >= 0.3 is 6.18 Å². The minimum atomic E-state index is -4.36. The first-order chi connectivity index (χ1) is 11.9. The lowest BCUT2D eigenvalue weighted by molar-refractivity contribution is -0.137. The van der Waals surface area contributed by atoms with Crippen LogP contribution in [0.15, 0.2) is 36.5 Å². The van der Waals surface area contributed by atoms with E-state index in [1.165, 1.54) is 12.1 Å². The number of aliphatic hydroxyl groups is 1. The molecule has 1 aromatic carbocycles. The lowest BCUT2D eigenvalue weighted by atomic mass is 9.99. The topological polar surface area (TPSA) is 58.0 Å². The van der Waals surface area contributed by atoms with Gasteiger partial charge in [0.2, 0.25) is 0 Å². The van der Waals surface area contributed by atoms with Gasteiger partial charge in [-0.15, -0.1) is 0 Å². The van der Waals surface area contributed by atoms with E-state index in [-0.39, 0.29) is 12.1 Å². The van der Waals surface area contributed by atoms with Crippen LogP contribution in [-0.4, -0.2) is 27.2 Å². The van der Waals surface area contributed by atoms with E-state index in [2.05, 4.69) is 15.3 Å². The Bertz CT molecular complexity index is 710. The minimum absolute atomic E-state index is 0.0871. The van der Waals surface area contributed by atoms with Gasteiger partial charge in [0.1, 0.15) is 0 Å². The molecule has 0 atom stereocenters. The van der Waals surface area contributed by atoms with Gasteiger partial charge in [-0.1, -0.05) is 25.0 Å². The third-order valence-electron chi connectivity index (χ3n) is 4.69. The van der Waals surface area contributed by atoms with E-state index < -0.39 is 11.7 Å². The highest BCUT2D eigenvalue weighted by Crippen LogP contribution is 2.31. The molecule has 0 bridgehead atoms. The molecule has 0 spiro atoms. The number of benzene rings is 1. The Labute approximate surface area is 144 Å². The first kappa shape index (κ1) is 17.8. The fraction of sp³-hybridized carbons (Fsp3) is 0.444. The van der Waals surface area contributed by atoms with Gasteiger partial charge in [-0.3, -0.25) is 0 Å². The summed E-state index contributed by atoms with van der Waals surface area (Å²) in [6.45, 7) is 0.570. The maximum Gasteiger partial charge on any atom is 0.416 e. The SMILES string of the molecule is OCC1(NCc2ccnc(-c3ccc(C(F)(F)F)cc3)n2)CCCC1. The molecule has 1 aliphatic rings. The first-order valence-electron chi connectivity index (χ1n) is 8.27. The molecule has 1 heterocycles. The summed E-state index contributed by atoms with van der Waals surface area (Å²) in [5, 5.41) is 13.0. The molecule has 1 aliphatic carbocycles. The Morgan fingerprint density at radius 1 is 1.08 bits per heavy atom. The van der Waals surface area contributed by atoms with Crippen LogP contribution in [0.5, 0.6) is 0 Å². The molecule has 7 heteroatoms. The number of hydrogen-bond acceptors (Lipinski definition) is 4. The van der Waals surface area contributed by atoms with Crippen LogP contribution < -0.4 is 5.32 Å². The molecule has 0 radical (unpaired) electrons. The van der Waals surface area contributed by atoms with Crippen molar-refractivity contribution in [1.29, 1.82) is 0 Å². The van der Waals surface area contributed by atoms with Gasteiger partial charge in [-0.2, -0.15) is 13.2 Å². The summed E-state index contributed by atoms with van der Waals surface area (Å²) in [5.74, 6) is 0.387. The Morgan fingerprint density at radius 3 is 2.36 bits per heavy atom. The van der Waals surface area contributed by atoms with Crippen molar-refractivity contribution in [3.05, 3.63) is 47.8 Å². The lowest BCUT2D eigenvalue weighted by Crippen LogP contribution is -2.45. The van der Waals surface area contributed by atoms with Crippen molar-refractivity contribution >= 4 is 0 Å². The molecule has 25 heavy (non-hydrogen) atoms. The monoisotopic (exact) mass is 351 g/mol. The van der Waals surface area contributed by atoms with Crippen LogP contribution in [0.4, 0.5) is 13.2 Å². The molecular formula is C18H20F3N3O. The highest BCUT2D eigenvalue weighted by Gasteiger charge is 2.32. The van der Waals surface area contributed by atoms with Crippen molar-refractivity contribution in [3.8, 4) is 11.4 Å². The van der Waals surface area contributed by atoms with E-state index in [0.717, 1.165) is 43.5 Å². The molecule has 0 amide bonds. The van der Waals surface area contributed by atoms with E-state index >= 15 is 0 Å². The second-order valence-corrected chi connectivity index (χ2v) is 6.45. The average Bonchev–Trinajstić information content (AvgIpc) is 3.09. The molecule has 0 aliphatic heterocycles. The number of nitrogens with one attached hydrogen (secondary N) is 1. The number of halogens is 3. The number of rotatable bonds is 5.